The van der Waals surface area contributed by atoms with Crippen LogP contribution < -0.4 is 0 Å². The van der Waals surface area contributed by atoms with E-state index in [4.69, 9.17) is 14.6 Å². The first kappa shape index (κ1) is 10.2. The fourth-order valence-corrected chi connectivity index (χ4v) is 1.34. The van der Waals surface area contributed by atoms with Gasteiger partial charge in [-0.3, -0.25) is 0 Å². The maximum absolute atomic E-state index is 10.2. The Hall–Kier alpha value is -0.870. The second kappa shape index (κ2) is 3.47. The maximum atomic E-state index is 10.2. The molecule has 4 heteroatoms. The van der Waals surface area contributed by atoms with E-state index in [1.165, 1.54) is 6.08 Å². The van der Waals surface area contributed by atoms with Crippen molar-refractivity contribution in [2.24, 2.45) is 0 Å². The molecular weight excluding hydrogens is 172 g/mol. The van der Waals surface area contributed by atoms with Crippen LogP contribution in [0.15, 0.2) is 12.2 Å². The normalized spacial score (nSPS) is 32.5. The van der Waals surface area contributed by atoms with Crippen LogP contribution >= 0.6 is 0 Å². The molecule has 1 rings (SSSR count). The Bertz CT molecular complexity index is 232. The van der Waals surface area contributed by atoms with Crippen molar-refractivity contribution >= 4 is 5.97 Å². The molecule has 0 aromatic carbocycles. The first-order chi connectivity index (χ1) is 5.91. The van der Waals surface area contributed by atoms with Crippen LogP contribution in [0.5, 0.6) is 0 Å². The molecule has 2 unspecified atom stereocenters. The van der Waals surface area contributed by atoms with E-state index in [9.17, 15) is 4.79 Å². The molecule has 74 valence electrons. The van der Waals surface area contributed by atoms with Crippen molar-refractivity contribution in [1.82, 2.24) is 0 Å². The molecule has 13 heavy (non-hydrogen) atoms. The number of rotatable bonds is 2. The van der Waals surface area contributed by atoms with Gasteiger partial charge in [0.25, 0.3) is 0 Å². The monoisotopic (exact) mass is 186 g/mol. The second-order valence-electron chi connectivity index (χ2n) is 3.50. The summed E-state index contributed by atoms with van der Waals surface area (Å²) in [6.45, 7) is 5.46. The van der Waals surface area contributed by atoms with Gasteiger partial charge in [-0.1, -0.05) is 0 Å². The fourth-order valence-electron chi connectivity index (χ4n) is 1.34. The Kier molecular flexibility index (Phi) is 2.73. The van der Waals surface area contributed by atoms with Crippen molar-refractivity contribution in [3.05, 3.63) is 12.2 Å². The number of hydrogen-bond acceptors (Lipinski definition) is 3. The van der Waals surface area contributed by atoms with Gasteiger partial charge in [-0.15, -0.1) is 0 Å². The molecule has 1 saturated heterocycles. The van der Waals surface area contributed by atoms with Gasteiger partial charge in [0, 0.05) is 6.08 Å². The van der Waals surface area contributed by atoms with Crippen LogP contribution in [0.1, 0.15) is 20.8 Å². The van der Waals surface area contributed by atoms with Crippen molar-refractivity contribution in [2.45, 2.75) is 38.8 Å². The Morgan fingerprint density at radius 3 is 2.46 bits per heavy atom. The number of ether oxygens (including phenoxy) is 2. The van der Waals surface area contributed by atoms with E-state index >= 15 is 0 Å². The molecule has 0 aromatic rings. The van der Waals surface area contributed by atoms with Gasteiger partial charge in [-0.05, 0) is 26.8 Å². The number of hydrogen-bond donors (Lipinski definition) is 1. The molecule has 0 amide bonds. The topological polar surface area (TPSA) is 55.8 Å². The van der Waals surface area contributed by atoms with Gasteiger partial charge in [0.1, 0.15) is 6.10 Å². The molecule has 1 aliphatic heterocycles. The Balaban J connectivity index is 2.58. The summed E-state index contributed by atoms with van der Waals surface area (Å²) in [5.41, 5.74) is 0. The first-order valence-corrected chi connectivity index (χ1v) is 4.17. The highest BCUT2D eigenvalue weighted by atomic mass is 16.7. The van der Waals surface area contributed by atoms with Crippen molar-refractivity contribution in [3.63, 3.8) is 0 Å². The van der Waals surface area contributed by atoms with Crippen LogP contribution in [0.25, 0.3) is 0 Å². The maximum Gasteiger partial charge on any atom is 0.328 e. The van der Waals surface area contributed by atoms with E-state index in [0.29, 0.717) is 0 Å². The zero-order valence-corrected chi connectivity index (χ0v) is 7.98. The molecular formula is C9H14O4. The predicted molar refractivity (Wildman–Crippen MR) is 46.3 cm³/mol. The molecule has 0 bridgehead atoms. The van der Waals surface area contributed by atoms with Gasteiger partial charge in [0.15, 0.2) is 5.79 Å². The van der Waals surface area contributed by atoms with E-state index in [2.05, 4.69) is 0 Å². The van der Waals surface area contributed by atoms with Crippen LogP contribution in [0, 0.1) is 0 Å². The van der Waals surface area contributed by atoms with Crippen LogP contribution in [0.4, 0.5) is 0 Å². The number of carbonyl (C=O) groups is 1. The third-order valence-corrected chi connectivity index (χ3v) is 1.78. The largest absolute Gasteiger partial charge is 0.478 e. The molecule has 1 N–H and O–H groups in total. The molecule has 0 saturated carbocycles. The molecule has 1 heterocycles. The zero-order chi connectivity index (χ0) is 10.1. The second-order valence-corrected chi connectivity index (χ2v) is 3.50. The minimum atomic E-state index is -0.972. The van der Waals surface area contributed by atoms with Crippen molar-refractivity contribution in [2.75, 3.05) is 0 Å². The third-order valence-electron chi connectivity index (χ3n) is 1.78. The smallest absolute Gasteiger partial charge is 0.328 e. The lowest BCUT2D eigenvalue weighted by atomic mass is 10.2. The lowest BCUT2D eigenvalue weighted by Gasteiger charge is -2.15. The summed E-state index contributed by atoms with van der Waals surface area (Å²) < 4.78 is 10.9. The molecule has 2 atom stereocenters. The van der Waals surface area contributed by atoms with Gasteiger partial charge in [0.2, 0.25) is 0 Å². The number of aliphatic carboxylic acids is 1. The van der Waals surface area contributed by atoms with E-state index in [1.54, 1.807) is 13.8 Å². The average Bonchev–Trinajstić information content (AvgIpc) is 2.20. The van der Waals surface area contributed by atoms with Gasteiger partial charge >= 0.3 is 5.97 Å². The minimum absolute atomic E-state index is 0.106. The molecule has 0 aliphatic carbocycles. The molecule has 1 aliphatic rings. The van der Waals surface area contributed by atoms with E-state index in [1.807, 2.05) is 6.92 Å². The Morgan fingerprint density at radius 2 is 2.08 bits per heavy atom. The first-order valence-electron chi connectivity index (χ1n) is 4.17. The van der Waals surface area contributed by atoms with Crippen LogP contribution in [0.2, 0.25) is 0 Å². The van der Waals surface area contributed by atoms with Crippen molar-refractivity contribution in [3.8, 4) is 0 Å². The van der Waals surface area contributed by atoms with E-state index in [0.717, 1.165) is 6.08 Å². The summed E-state index contributed by atoms with van der Waals surface area (Å²) in [5, 5.41) is 8.41. The van der Waals surface area contributed by atoms with E-state index < -0.39 is 11.8 Å². The minimum Gasteiger partial charge on any atom is -0.478 e. The molecule has 0 aromatic heterocycles. The molecule has 4 nitrogen and oxygen atoms in total. The quantitative estimate of drug-likeness (QED) is 0.657. The summed E-state index contributed by atoms with van der Waals surface area (Å²) >= 11 is 0. The summed E-state index contributed by atoms with van der Waals surface area (Å²) in [7, 11) is 0. The predicted octanol–water partition coefficient (Wildman–Crippen LogP) is 1.17. The Morgan fingerprint density at radius 1 is 1.46 bits per heavy atom. The molecule has 0 radical (unpaired) electrons. The molecule has 0 spiro atoms. The van der Waals surface area contributed by atoms with Crippen LogP contribution in [-0.4, -0.2) is 29.1 Å². The van der Waals surface area contributed by atoms with Crippen molar-refractivity contribution in [1.29, 1.82) is 0 Å². The summed E-state index contributed by atoms with van der Waals surface area (Å²) in [6, 6.07) is 0. The van der Waals surface area contributed by atoms with Gasteiger partial charge in [0.05, 0.1) is 6.10 Å². The van der Waals surface area contributed by atoms with Gasteiger partial charge in [-0.25, -0.2) is 4.79 Å². The summed E-state index contributed by atoms with van der Waals surface area (Å²) in [4.78, 5) is 10.2. The van der Waals surface area contributed by atoms with Crippen LogP contribution in [0.3, 0.4) is 0 Å². The van der Waals surface area contributed by atoms with E-state index in [-0.39, 0.29) is 12.2 Å². The Labute approximate surface area is 77.1 Å². The van der Waals surface area contributed by atoms with Crippen molar-refractivity contribution < 1.29 is 19.4 Å². The molecule has 1 fully saturated rings. The van der Waals surface area contributed by atoms with Gasteiger partial charge in [-0.2, -0.15) is 0 Å². The fraction of sp³-hybridized carbons (Fsp3) is 0.667. The SMILES string of the molecule is CC1OC(C)(C)OC1/C=C/C(=O)O. The lowest BCUT2D eigenvalue weighted by Crippen LogP contribution is -2.20. The highest BCUT2D eigenvalue weighted by molar-refractivity contribution is 5.79. The summed E-state index contributed by atoms with van der Waals surface area (Å²) in [6.07, 6.45) is 2.20. The highest BCUT2D eigenvalue weighted by Crippen LogP contribution is 2.28. The average molecular weight is 186 g/mol. The van der Waals surface area contributed by atoms with Crippen LogP contribution in [-0.2, 0) is 14.3 Å². The third kappa shape index (κ3) is 2.82. The van der Waals surface area contributed by atoms with Gasteiger partial charge < -0.3 is 14.6 Å². The number of carboxylic acids is 1. The summed E-state index contributed by atoms with van der Waals surface area (Å²) in [5.74, 6) is -1.59. The zero-order valence-electron chi connectivity index (χ0n) is 7.98. The standard InChI is InChI=1S/C9H14O4/c1-6-7(4-5-8(10)11)13-9(2,3)12-6/h4-7H,1-3H3,(H,10,11)/b5-4+. The number of carboxylic acid groups (broad SMARTS) is 1. The highest BCUT2D eigenvalue weighted by Gasteiger charge is 2.37. The lowest BCUT2D eigenvalue weighted by molar-refractivity contribution is -0.141.